The fourth-order valence-corrected chi connectivity index (χ4v) is 3.56. The standard InChI is InChI=1S/C17H20ClN3OS/c1-13-19-15(12-23-13)4-7-17(22)21-10-8-20(9-11-21)16-5-2-14(18)3-6-16/h2-3,5-6,12H,4,7-11H2,1H3. The number of aromatic nitrogens is 1. The Morgan fingerprint density at radius 3 is 2.52 bits per heavy atom. The quantitative estimate of drug-likeness (QED) is 0.849. The van der Waals surface area contributed by atoms with Crippen LogP contribution in [0.5, 0.6) is 0 Å². The maximum Gasteiger partial charge on any atom is 0.223 e. The number of halogens is 1. The smallest absolute Gasteiger partial charge is 0.223 e. The third-order valence-electron chi connectivity index (χ3n) is 4.09. The topological polar surface area (TPSA) is 36.4 Å². The number of hydrogen-bond acceptors (Lipinski definition) is 4. The molecular formula is C17H20ClN3OS. The molecule has 0 spiro atoms. The van der Waals surface area contributed by atoms with Gasteiger partial charge in [-0.2, -0.15) is 0 Å². The van der Waals surface area contributed by atoms with Gasteiger partial charge in [-0.1, -0.05) is 11.6 Å². The third kappa shape index (κ3) is 4.24. The first kappa shape index (κ1) is 16.3. The zero-order valence-corrected chi connectivity index (χ0v) is 14.7. The molecule has 3 rings (SSSR count). The molecular weight excluding hydrogens is 330 g/mol. The van der Waals surface area contributed by atoms with E-state index >= 15 is 0 Å². The molecule has 0 bridgehead atoms. The van der Waals surface area contributed by atoms with Gasteiger partial charge in [0, 0.05) is 48.7 Å². The van der Waals surface area contributed by atoms with Gasteiger partial charge in [0.05, 0.1) is 10.7 Å². The number of carbonyl (C=O) groups excluding carboxylic acids is 1. The highest BCUT2D eigenvalue weighted by Gasteiger charge is 2.21. The lowest BCUT2D eigenvalue weighted by atomic mass is 10.2. The van der Waals surface area contributed by atoms with Crippen molar-refractivity contribution in [3.63, 3.8) is 0 Å². The average Bonchev–Trinajstić information content (AvgIpc) is 2.99. The van der Waals surface area contributed by atoms with E-state index in [0.717, 1.165) is 48.3 Å². The SMILES string of the molecule is Cc1nc(CCC(=O)N2CCN(c3ccc(Cl)cc3)CC2)cs1. The van der Waals surface area contributed by atoms with Crippen LogP contribution in [0.3, 0.4) is 0 Å². The van der Waals surface area contributed by atoms with Gasteiger partial charge in [0.25, 0.3) is 0 Å². The van der Waals surface area contributed by atoms with Gasteiger partial charge in [0.1, 0.15) is 0 Å². The largest absolute Gasteiger partial charge is 0.368 e. The van der Waals surface area contributed by atoms with Crippen LogP contribution in [0.4, 0.5) is 5.69 Å². The lowest BCUT2D eigenvalue weighted by Crippen LogP contribution is -2.48. The van der Waals surface area contributed by atoms with Gasteiger partial charge in [-0.3, -0.25) is 4.79 Å². The van der Waals surface area contributed by atoms with Crippen molar-refractivity contribution in [2.75, 3.05) is 31.1 Å². The normalized spacial score (nSPS) is 15.0. The molecule has 0 unspecified atom stereocenters. The summed E-state index contributed by atoms with van der Waals surface area (Å²) in [5, 5.41) is 3.85. The summed E-state index contributed by atoms with van der Waals surface area (Å²) in [5.74, 6) is 0.228. The predicted octanol–water partition coefficient (Wildman–Crippen LogP) is 3.39. The van der Waals surface area contributed by atoms with E-state index in [4.69, 9.17) is 11.6 Å². The monoisotopic (exact) mass is 349 g/mol. The van der Waals surface area contributed by atoms with Crippen molar-refractivity contribution in [3.8, 4) is 0 Å². The van der Waals surface area contributed by atoms with Crippen LogP contribution in [-0.4, -0.2) is 42.0 Å². The fourth-order valence-electron chi connectivity index (χ4n) is 2.78. The van der Waals surface area contributed by atoms with Gasteiger partial charge in [0.15, 0.2) is 0 Å². The molecule has 1 aromatic heterocycles. The summed E-state index contributed by atoms with van der Waals surface area (Å²) in [7, 11) is 0. The second-order valence-corrected chi connectivity index (χ2v) is 7.20. The molecule has 1 aromatic carbocycles. The lowest BCUT2D eigenvalue weighted by molar-refractivity contribution is -0.131. The summed E-state index contributed by atoms with van der Waals surface area (Å²) >= 11 is 7.56. The zero-order chi connectivity index (χ0) is 16.2. The van der Waals surface area contributed by atoms with E-state index in [-0.39, 0.29) is 5.91 Å². The Balaban J connectivity index is 1.48. The Kier molecular flexibility index (Phi) is 5.18. The van der Waals surface area contributed by atoms with Crippen molar-refractivity contribution in [3.05, 3.63) is 45.4 Å². The van der Waals surface area contributed by atoms with Crippen LogP contribution >= 0.6 is 22.9 Å². The Morgan fingerprint density at radius 1 is 1.22 bits per heavy atom. The van der Waals surface area contributed by atoms with E-state index in [9.17, 15) is 4.79 Å². The highest BCUT2D eigenvalue weighted by atomic mass is 35.5. The molecule has 2 aromatic rings. The molecule has 0 atom stereocenters. The number of hydrogen-bond donors (Lipinski definition) is 0. The maximum atomic E-state index is 12.3. The maximum absolute atomic E-state index is 12.3. The number of carbonyl (C=O) groups is 1. The number of piperazine rings is 1. The minimum atomic E-state index is 0.228. The van der Waals surface area contributed by atoms with Crippen LogP contribution in [0.1, 0.15) is 17.1 Å². The van der Waals surface area contributed by atoms with E-state index in [1.807, 2.05) is 41.5 Å². The molecule has 1 saturated heterocycles. The van der Waals surface area contributed by atoms with Crippen molar-refractivity contribution in [2.24, 2.45) is 0 Å². The summed E-state index contributed by atoms with van der Waals surface area (Å²) in [5.41, 5.74) is 2.19. The van der Waals surface area contributed by atoms with Gasteiger partial charge in [-0.05, 0) is 37.6 Å². The minimum absolute atomic E-state index is 0.228. The highest BCUT2D eigenvalue weighted by molar-refractivity contribution is 7.09. The second kappa shape index (κ2) is 7.32. The van der Waals surface area contributed by atoms with Crippen molar-refractivity contribution in [1.29, 1.82) is 0 Å². The molecule has 1 aliphatic heterocycles. The summed E-state index contributed by atoms with van der Waals surface area (Å²) < 4.78 is 0. The molecule has 0 N–H and O–H groups in total. The molecule has 0 saturated carbocycles. The van der Waals surface area contributed by atoms with Crippen LogP contribution in [0.15, 0.2) is 29.6 Å². The van der Waals surface area contributed by atoms with E-state index in [2.05, 4.69) is 9.88 Å². The summed E-state index contributed by atoms with van der Waals surface area (Å²) in [6, 6.07) is 7.88. The molecule has 0 aliphatic carbocycles. The Hall–Kier alpha value is -1.59. The molecule has 4 nitrogen and oxygen atoms in total. The van der Waals surface area contributed by atoms with Gasteiger partial charge in [-0.15, -0.1) is 11.3 Å². The average molecular weight is 350 g/mol. The van der Waals surface area contributed by atoms with E-state index in [1.54, 1.807) is 11.3 Å². The molecule has 0 radical (unpaired) electrons. The molecule has 23 heavy (non-hydrogen) atoms. The number of amides is 1. The van der Waals surface area contributed by atoms with E-state index < -0.39 is 0 Å². The number of thiazole rings is 1. The van der Waals surface area contributed by atoms with Gasteiger partial charge in [-0.25, -0.2) is 4.98 Å². The van der Waals surface area contributed by atoms with Crippen LogP contribution in [-0.2, 0) is 11.2 Å². The van der Waals surface area contributed by atoms with E-state index in [0.29, 0.717) is 6.42 Å². The number of rotatable bonds is 4. The summed E-state index contributed by atoms with van der Waals surface area (Å²) in [4.78, 5) is 21.0. The first-order valence-corrected chi connectivity index (χ1v) is 9.07. The number of aryl methyl sites for hydroxylation is 2. The zero-order valence-electron chi connectivity index (χ0n) is 13.2. The molecule has 6 heteroatoms. The lowest BCUT2D eigenvalue weighted by Gasteiger charge is -2.36. The van der Waals surface area contributed by atoms with Crippen LogP contribution in [0, 0.1) is 6.92 Å². The first-order chi connectivity index (χ1) is 11.1. The Labute approximate surface area is 145 Å². The van der Waals surface area contributed by atoms with Crippen molar-refractivity contribution < 1.29 is 4.79 Å². The molecule has 1 aliphatic rings. The number of benzene rings is 1. The number of nitrogens with zero attached hydrogens (tertiary/aromatic N) is 3. The van der Waals surface area contributed by atoms with E-state index in [1.165, 1.54) is 5.69 Å². The Bertz CT molecular complexity index is 663. The van der Waals surface area contributed by atoms with Crippen LogP contribution < -0.4 is 4.90 Å². The molecule has 122 valence electrons. The minimum Gasteiger partial charge on any atom is -0.368 e. The summed E-state index contributed by atoms with van der Waals surface area (Å²) in [6.45, 7) is 5.27. The third-order valence-corrected chi connectivity index (χ3v) is 5.16. The predicted molar refractivity (Wildman–Crippen MR) is 95.4 cm³/mol. The second-order valence-electron chi connectivity index (χ2n) is 5.70. The molecule has 1 amide bonds. The van der Waals surface area contributed by atoms with Gasteiger partial charge in [0.2, 0.25) is 5.91 Å². The van der Waals surface area contributed by atoms with Gasteiger partial charge >= 0.3 is 0 Å². The first-order valence-electron chi connectivity index (χ1n) is 7.81. The van der Waals surface area contributed by atoms with Crippen molar-refractivity contribution in [2.45, 2.75) is 19.8 Å². The van der Waals surface area contributed by atoms with Gasteiger partial charge < -0.3 is 9.80 Å². The van der Waals surface area contributed by atoms with Crippen LogP contribution in [0.2, 0.25) is 5.02 Å². The molecule has 1 fully saturated rings. The fraction of sp³-hybridized carbons (Fsp3) is 0.412. The van der Waals surface area contributed by atoms with Crippen molar-refractivity contribution in [1.82, 2.24) is 9.88 Å². The Morgan fingerprint density at radius 2 is 1.91 bits per heavy atom. The van der Waals surface area contributed by atoms with Crippen molar-refractivity contribution >= 4 is 34.5 Å². The highest BCUT2D eigenvalue weighted by Crippen LogP contribution is 2.20. The number of anilines is 1. The summed E-state index contributed by atoms with van der Waals surface area (Å²) in [6.07, 6.45) is 1.28. The molecule has 2 heterocycles. The van der Waals surface area contributed by atoms with Crippen LogP contribution in [0.25, 0.3) is 0 Å².